The van der Waals surface area contributed by atoms with Crippen molar-refractivity contribution in [2.24, 2.45) is 0 Å². The molecule has 1 aliphatic rings. The van der Waals surface area contributed by atoms with E-state index in [2.05, 4.69) is 20.3 Å². The van der Waals surface area contributed by atoms with Crippen molar-refractivity contribution in [1.29, 1.82) is 0 Å². The number of nitrogens with zero attached hydrogens (tertiary/aromatic N) is 3. The van der Waals surface area contributed by atoms with Gasteiger partial charge >= 0.3 is 0 Å². The average Bonchev–Trinajstić information content (AvgIpc) is 2.73. The van der Waals surface area contributed by atoms with Crippen molar-refractivity contribution >= 4 is 23.5 Å². The molecule has 96 valence electrons. The van der Waals surface area contributed by atoms with E-state index < -0.39 is 23.8 Å². The molecule has 1 saturated heterocycles. The third-order valence-corrected chi connectivity index (χ3v) is 2.62. The Morgan fingerprint density at radius 3 is 2.83 bits per heavy atom. The first-order valence-electron chi connectivity index (χ1n) is 5.27. The van der Waals surface area contributed by atoms with E-state index in [1.54, 1.807) is 6.92 Å². The van der Waals surface area contributed by atoms with Crippen LogP contribution in [0.15, 0.2) is 4.63 Å². The number of rotatable bonds is 2. The van der Waals surface area contributed by atoms with Crippen molar-refractivity contribution < 1.29 is 19.0 Å². The van der Waals surface area contributed by atoms with Crippen molar-refractivity contribution in [3.8, 4) is 0 Å². The van der Waals surface area contributed by atoms with Crippen molar-refractivity contribution in [2.45, 2.75) is 19.4 Å². The highest BCUT2D eigenvalue weighted by Crippen LogP contribution is 2.15. The van der Waals surface area contributed by atoms with Gasteiger partial charge in [-0.05, 0) is 16.7 Å². The maximum atomic E-state index is 12.1. The summed E-state index contributed by atoms with van der Waals surface area (Å²) in [6.07, 6.45) is 0.371. The highest BCUT2D eigenvalue weighted by Gasteiger charge is 2.37. The molecule has 2 rings (SSSR count). The van der Waals surface area contributed by atoms with Crippen LogP contribution in [0.4, 0.5) is 5.82 Å². The average molecular weight is 253 g/mol. The third-order valence-electron chi connectivity index (χ3n) is 2.62. The van der Waals surface area contributed by atoms with E-state index in [0.29, 0.717) is 6.42 Å². The van der Waals surface area contributed by atoms with Crippen LogP contribution in [0.1, 0.15) is 23.8 Å². The lowest BCUT2D eigenvalue weighted by molar-refractivity contribution is -0.138. The molecule has 1 aromatic heterocycles. The maximum Gasteiger partial charge on any atom is 0.281 e. The summed E-state index contributed by atoms with van der Waals surface area (Å²) in [5.41, 5.74) is 5.21. The van der Waals surface area contributed by atoms with E-state index >= 15 is 0 Å². The summed E-state index contributed by atoms with van der Waals surface area (Å²) in [7, 11) is 0. The molecule has 0 aromatic carbocycles. The Morgan fingerprint density at radius 2 is 2.28 bits per heavy atom. The summed E-state index contributed by atoms with van der Waals surface area (Å²) in [5, 5.41) is 8.81. The largest absolute Gasteiger partial charge is 0.379 e. The van der Waals surface area contributed by atoms with E-state index in [-0.39, 0.29) is 18.1 Å². The van der Waals surface area contributed by atoms with Gasteiger partial charge in [-0.15, -0.1) is 0 Å². The van der Waals surface area contributed by atoms with Crippen molar-refractivity contribution in [3.05, 3.63) is 5.69 Å². The molecule has 0 spiro atoms. The third kappa shape index (κ3) is 1.90. The maximum absolute atomic E-state index is 12.1. The fraction of sp³-hybridized carbons (Fsp3) is 0.444. The van der Waals surface area contributed by atoms with Gasteiger partial charge in [-0.1, -0.05) is 6.92 Å². The summed E-state index contributed by atoms with van der Waals surface area (Å²) in [5.74, 6) is -1.89. The summed E-state index contributed by atoms with van der Waals surface area (Å²) in [4.78, 5) is 36.1. The van der Waals surface area contributed by atoms with Gasteiger partial charge in [0.15, 0.2) is 0 Å². The zero-order valence-electron chi connectivity index (χ0n) is 9.54. The number of nitrogens with one attached hydrogen (secondary N) is 1. The predicted molar refractivity (Wildman–Crippen MR) is 57.0 cm³/mol. The van der Waals surface area contributed by atoms with Crippen LogP contribution in [0, 0.1) is 0 Å². The fourth-order valence-corrected chi connectivity index (χ4v) is 1.77. The summed E-state index contributed by atoms with van der Waals surface area (Å²) in [6.45, 7) is 1.50. The van der Waals surface area contributed by atoms with Crippen LogP contribution in [0.5, 0.6) is 0 Å². The van der Waals surface area contributed by atoms with Crippen LogP contribution in [0.25, 0.3) is 0 Å². The summed E-state index contributed by atoms with van der Waals surface area (Å²) >= 11 is 0. The van der Waals surface area contributed by atoms with Gasteiger partial charge in [0.2, 0.25) is 23.3 Å². The number of hydrogen-bond donors (Lipinski definition) is 2. The molecule has 0 bridgehead atoms. The van der Waals surface area contributed by atoms with Crippen LogP contribution < -0.4 is 11.1 Å². The highest BCUT2D eigenvalue weighted by atomic mass is 16.6. The minimum absolute atomic E-state index is 0.173. The monoisotopic (exact) mass is 253 g/mol. The number of carbonyl (C=O) groups is 3. The second-order valence-corrected chi connectivity index (χ2v) is 3.77. The summed E-state index contributed by atoms with van der Waals surface area (Å²) in [6, 6.07) is -0.730. The molecule has 18 heavy (non-hydrogen) atoms. The smallest absolute Gasteiger partial charge is 0.281 e. The van der Waals surface area contributed by atoms with Gasteiger partial charge in [-0.2, -0.15) is 0 Å². The molecular weight excluding hydrogens is 242 g/mol. The van der Waals surface area contributed by atoms with Gasteiger partial charge in [-0.3, -0.25) is 19.7 Å². The standard InChI is InChI=1S/C9H11N5O4/c1-2-4-8(16)11-5(15)3-14(4)9(17)6-7(10)13-18-12-6/h4H,2-3H2,1H3,(H2,10,13)(H,11,15,16). The molecule has 3 N–H and O–H groups in total. The lowest BCUT2D eigenvalue weighted by Gasteiger charge is -2.32. The van der Waals surface area contributed by atoms with Gasteiger partial charge in [0.25, 0.3) is 5.91 Å². The Labute approximate surface area is 101 Å². The molecule has 0 radical (unpaired) electrons. The molecule has 9 nitrogen and oxygen atoms in total. The number of hydrogen-bond acceptors (Lipinski definition) is 7. The van der Waals surface area contributed by atoms with Crippen LogP contribution in [-0.2, 0) is 9.59 Å². The van der Waals surface area contributed by atoms with Crippen molar-refractivity contribution in [3.63, 3.8) is 0 Å². The molecule has 3 amide bonds. The molecular formula is C9H11N5O4. The molecule has 9 heteroatoms. The number of imide groups is 1. The normalized spacial score (nSPS) is 19.8. The zero-order valence-corrected chi connectivity index (χ0v) is 9.54. The lowest BCUT2D eigenvalue weighted by atomic mass is 10.1. The number of nitrogens with two attached hydrogens (primary N) is 1. The SMILES string of the molecule is CCC1C(=O)NC(=O)CN1C(=O)c1nonc1N. The van der Waals surface area contributed by atoms with Crippen LogP contribution in [0.3, 0.4) is 0 Å². The Kier molecular flexibility index (Phi) is 2.96. The molecule has 0 saturated carbocycles. The fourth-order valence-electron chi connectivity index (χ4n) is 1.77. The Bertz CT molecular complexity index is 511. The molecule has 1 aromatic rings. The second kappa shape index (κ2) is 4.43. The van der Waals surface area contributed by atoms with E-state index in [0.717, 1.165) is 4.90 Å². The van der Waals surface area contributed by atoms with Gasteiger partial charge in [-0.25, -0.2) is 4.63 Å². The van der Waals surface area contributed by atoms with Gasteiger partial charge in [0, 0.05) is 0 Å². The molecule has 2 heterocycles. The van der Waals surface area contributed by atoms with Crippen LogP contribution >= 0.6 is 0 Å². The summed E-state index contributed by atoms with van der Waals surface area (Å²) < 4.78 is 4.32. The molecule has 1 unspecified atom stereocenters. The topological polar surface area (TPSA) is 131 Å². The first kappa shape index (κ1) is 12.0. The number of nitrogen functional groups attached to an aromatic ring is 1. The number of aromatic nitrogens is 2. The van der Waals surface area contributed by atoms with E-state index in [1.165, 1.54) is 0 Å². The quantitative estimate of drug-likeness (QED) is 0.615. The minimum atomic E-state index is -0.730. The van der Waals surface area contributed by atoms with E-state index in [1.807, 2.05) is 0 Å². The first-order valence-corrected chi connectivity index (χ1v) is 5.27. The molecule has 1 aliphatic heterocycles. The first-order chi connectivity index (χ1) is 8.54. The van der Waals surface area contributed by atoms with Crippen LogP contribution in [0.2, 0.25) is 0 Å². The van der Waals surface area contributed by atoms with Crippen molar-refractivity contribution in [2.75, 3.05) is 12.3 Å². The predicted octanol–water partition coefficient (Wildman–Crippen LogP) is -1.47. The lowest BCUT2D eigenvalue weighted by Crippen LogP contribution is -2.59. The van der Waals surface area contributed by atoms with Gasteiger partial charge < -0.3 is 10.6 Å². The Morgan fingerprint density at radius 1 is 1.56 bits per heavy atom. The van der Waals surface area contributed by atoms with Crippen molar-refractivity contribution in [1.82, 2.24) is 20.5 Å². The number of amides is 3. The van der Waals surface area contributed by atoms with Gasteiger partial charge in [0.1, 0.15) is 12.6 Å². The van der Waals surface area contributed by atoms with Crippen LogP contribution in [-0.4, -0.2) is 45.5 Å². The number of anilines is 1. The van der Waals surface area contributed by atoms with Gasteiger partial charge in [0.05, 0.1) is 0 Å². The van der Waals surface area contributed by atoms with E-state index in [4.69, 9.17) is 5.73 Å². The minimum Gasteiger partial charge on any atom is -0.379 e. The molecule has 1 atom stereocenters. The zero-order chi connectivity index (χ0) is 13.3. The second-order valence-electron chi connectivity index (χ2n) is 3.77. The van der Waals surface area contributed by atoms with E-state index in [9.17, 15) is 14.4 Å². The molecule has 0 aliphatic carbocycles. The Balaban J connectivity index is 2.30. The number of piperazine rings is 1. The number of carbonyl (C=O) groups excluding carboxylic acids is 3. The Hall–Kier alpha value is -2.45. The highest BCUT2D eigenvalue weighted by molar-refractivity contribution is 6.07. The molecule has 1 fully saturated rings.